The lowest BCUT2D eigenvalue weighted by Crippen LogP contribution is -2.44. The number of amides is 1. The first-order chi connectivity index (χ1) is 7.37. The third-order valence-electron chi connectivity index (χ3n) is 2.24. The molecular weight excluding hydrogens is 208 g/mol. The minimum absolute atomic E-state index is 0.185. The van der Waals surface area contributed by atoms with Gasteiger partial charge in [-0.3, -0.25) is 5.43 Å². The van der Waals surface area contributed by atoms with E-state index < -0.39 is 11.7 Å². The Balaban J connectivity index is 2.09. The molecule has 2 N–H and O–H groups in total. The first kappa shape index (κ1) is 13.3. The predicted octanol–water partition coefficient (Wildman–Crippen LogP) is 1.58. The van der Waals surface area contributed by atoms with Gasteiger partial charge in [0.1, 0.15) is 5.60 Å². The summed E-state index contributed by atoms with van der Waals surface area (Å²) >= 11 is 0. The molecule has 1 heterocycles. The largest absolute Gasteiger partial charge is 0.443 e. The number of rotatable bonds is 3. The van der Waals surface area contributed by atoms with E-state index in [4.69, 9.17) is 9.47 Å². The molecular formula is C11H22N2O3. The standard InChI is InChI=1S/C11H22N2O3/c1-8-5-6-9(15-8)7-12-13-10(14)16-11(2,3)4/h8-9,12H,5-7H2,1-4H3,(H,13,14). The van der Waals surface area contributed by atoms with E-state index in [-0.39, 0.29) is 6.10 Å². The summed E-state index contributed by atoms with van der Waals surface area (Å²) < 4.78 is 10.7. The van der Waals surface area contributed by atoms with Crippen molar-refractivity contribution in [1.29, 1.82) is 0 Å². The van der Waals surface area contributed by atoms with Crippen LogP contribution in [-0.4, -0.2) is 30.4 Å². The van der Waals surface area contributed by atoms with Crippen molar-refractivity contribution in [3.8, 4) is 0 Å². The molecule has 1 saturated heterocycles. The SMILES string of the molecule is CC1CCC(CNNC(=O)OC(C)(C)C)O1. The van der Waals surface area contributed by atoms with Crippen molar-refractivity contribution in [3.63, 3.8) is 0 Å². The van der Waals surface area contributed by atoms with Crippen LogP contribution < -0.4 is 10.9 Å². The summed E-state index contributed by atoms with van der Waals surface area (Å²) in [5.74, 6) is 0. The molecule has 0 spiro atoms. The lowest BCUT2D eigenvalue weighted by Gasteiger charge is -2.20. The van der Waals surface area contributed by atoms with Crippen LogP contribution in [0.1, 0.15) is 40.5 Å². The maximum absolute atomic E-state index is 11.3. The molecule has 94 valence electrons. The van der Waals surface area contributed by atoms with Crippen molar-refractivity contribution < 1.29 is 14.3 Å². The molecule has 2 atom stereocenters. The number of carbonyl (C=O) groups is 1. The highest BCUT2D eigenvalue weighted by molar-refractivity contribution is 5.66. The Bertz CT molecular complexity index is 238. The Morgan fingerprint density at radius 2 is 2.12 bits per heavy atom. The number of hydrazine groups is 1. The molecule has 0 aliphatic carbocycles. The molecule has 5 nitrogen and oxygen atoms in total. The Kier molecular flexibility index (Phi) is 4.56. The van der Waals surface area contributed by atoms with Crippen LogP contribution in [0, 0.1) is 0 Å². The van der Waals surface area contributed by atoms with Crippen LogP contribution >= 0.6 is 0 Å². The van der Waals surface area contributed by atoms with Crippen LogP contribution in [0.3, 0.4) is 0 Å². The number of ether oxygens (including phenoxy) is 2. The molecule has 0 aromatic rings. The Morgan fingerprint density at radius 1 is 1.44 bits per heavy atom. The number of hydrogen-bond donors (Lipinski definition) is 2. The highest BCUT2D eigenvalue weighted by Crippen LogP contribution is 2.17. The maximum atomic E-state index is 11.3. The fourth-order valence-electron chi connectivity index (χ4n) is 1.58. The van der Waals surface area contributed by atoms with Crippen LogP contribution in [-0.2, 0) is 9.47 Å². The van der Waals surface area contributed by atoms with Gasteiger partial charge in [0.05, 0.1) is 12.2 Å². The van der Waals surface area contributed by atoms with Gasteiger partial charge in [0, 0.05) is 6.54 Å². The van der Waals surface area contributed by atoms with Crippen LogP contribution in [0.25, 0.3) is 0 Å². The summed E-state index contributed by atoms with van der Waals surface area (Å²) in [4.78, 5) is 11.3. The third-order valence-corrected chi connectivity index (χ3v) is 2.24. The van der Waals surface area contributed by atoms with E-state index in [2.05, 4.69) is 17.8 Å². The van der Waals surface area contributed by atoms with Gasteiger partial charge in [-0.1, -0.05) is 0 Å². The van der Waals surface area contributed by atoms with Crippen LogP contribution in [0.2, 0.25) is 0 Å². The summed E-state index contributed by atoms with van der Waals surface area (Å²) in [6.07, 6.45) is 2.17. The zero-order chi connectivity index (χ0) is 12.2. The molecule has 1 aliphatic rings. The van der Waals surface area contributed by atoms with Gasteiger partial charge in [0.15, 0.2) is 0 Å². The van der Waals surface area contributed by atoms with Crippen LogP contribution in [0.5, 0.6) is 0 Å². The topological polar surface area (TPSA) is 59.6 Å². The molecule has 2 unspecified atom stereocenters. The fourth-order valence-corrected chi connectivity index (χ4v) is 1.58. The van der Waals surface area contributed by atoms with Gasteiger partial charge < -0.3 is 9.47 Å². The second-order valence-corrected chi connectivity index (χ2v) is 5.15. The highest BCUT2D eigenvalue weighted by Gasteiger charge is 2.22. The van der Waals surface area contributed by atoms with Gasteiger partial charge in [-0.05, 0) is 40.5 Å². The number of carbonyl (C=O) groups excluding carboxylic acids is 1. The predicted molar refractivity (Wildman–Crippen MR) is 60.9 cm³/mol. The number of hydrogen-bond acceptors (Lipinski definition) is 4. The van der Waals surface area contributed by atoms with E-state index in [0.29, 0.717) is 12.6 Å². The molecule has 0 saturated carbocycles. The van der Waals surface area contributed by atoms with Gasteiger partial charge in [-0.25, -0.2) is 10.2 Å². The van der Waals surface area contributed by atoms with Gasteiger partial charge in [-0.15, -0.1) is 0 Å². The Morgan fingerprint density at radius 3 is 2.62 bits per heavy atom. The molecule has 16 heavy (non-hydrogen) atoms. The summed E-state index contributed by atoms with van der Waals surface area (Å²) in [6, 6.07) is 0. The lowest BCUT2D eigenvalue weighted by molar-refractivity contribution is 0.0408. The van der Waals surface area contributed by atoms with Crippen molar-refractivity contribution in [2.75, 3.05) is 6.54 Å². The highest BCUT2D eigenvalue weighted by atomic mass is 16.6. The summed E-state index contributed by atoms with van der Waals surface area (Å²) in [7, 11) is 0. The van der Waals surface area contributed by atoms with Gasteiger partial charge in [-0.2, -0.15) is 0 Å². The first-order valence-electron chi connectivity index (χ1n) is 5.74. The van der Waals surface area contributed by atoms with E-state index in [1.54, 1.807) is 0 Å². The zero-order valence-corrected chi connectivity index (χ0v) is 10.5. The Labute approximate surface area is 96.8 Å². The average Bonchev–Trinajstić information content (AvgIpc) is 2.48. The van der Waals surface area contributed by atoms with Gasteiger partial charge in [0.25, 0.3) is 0 Å². The van der Waals surface area contributed by atoms with Gasteiger partial charge in [0.2, 0.25) is 0 Å². The zero-order valence-electron chi connectivity index (χ0n) is 10.5. The van der Waals surface area contributed by atoms with Crippen molar-refractivity contribution in [2.45, 2.75) is 58.3 Å². The summed E-state index contributed by atoms with van der Waals surface area (Å²) in [5.41, 5.74) is 4.84. The molecule has 5 heteroatoms. The normalized spacial score (nSPS) is 25.5. The van der Waals surface area contributed by atoms with E-state index >= 15 is 0 Å². The minimum atomic E-state index is -0.468. The van der Waals surface area contributed by atoms with Crippen LogP contribution in [0.15, 0.2) is 0 Å². The second kappa shape index (κ2) is 5.50. The average molecular weight is 230 g/mol. The minimum Gasteiger partial charge on any atom is -0.443 e. The monoisotopic (exact) mass is 230 g/mol. The molecule has 1 rings (SSSR count). The smallest absolute Gasteiger partial charge is 0.422 e. The molecule has 0 aromatic heterocycles. The molecule has 0 bridgehead atoms. The third kappa shape index (κ3) is 5.32. The van der Waals surface area contributed by atoms with E-state index in [9.17, 15) is 4.79 Å². The summed E-state index contributed by atoms with van der Waals surface area (Å²) in [5, 5.41) is 0. The van der Waals surface area contributed by atoms with Crippen molar-refractivity contribution in [3.05, 3.63) is 0 Å². The van der Waals surface area contributed by atoms with Crippen molar-refractivity contribution >= 4 is 6.09 Å². The molecule has 0 radical (unpaired) electrons. The van der Waals surface area contributed by atoms with E-state index in [0.717, 1.165) is 12.8 Å². The van der Waals surface area contributed by atoms with Gasteiger partial charge >= 0.3 is 6.09 Å². The quantitative estimate of drug-likeness (QED) is 0.723. The molecule has 0 aromatic carbocycles. The lowest BCUT2D eigenvalue weighted by atomic mass is 10.2. The van der Waals surface area contributed by atoms with Crippen molar-refractivity contribution in [2.24, 2.45) is 0 Å². The fraction of sp³-hybridized carbons (Fsp3) is 0.909. The van der Waals surface area contributed by atoms with E-state index in [1.807, 2.05) is 20.8 Å². The van der Waals surface area contributed by atoms with Crippen LogP contribution in [0.4, 0.5) is 4.79 Å². The van der Waals surface area contributed by atoms with E-state index in [1.165, 1.54) is 0 Å². The Hall–Kier alpha value is -0.810. The number of nitrogens with one attached hydrogen (secondary N) is 2. The molecule has 1 amide bonds. The molecule has 1 fully saturated rings. The maximum Gasteiger partial charge on any atom is 0.422 e. The van der Waals surface area contributed by atoms with Crippen molar-refractivity contribution in [1.82, 2.24) is 10.9 Å². The first-order valence-corrected chi connectivity index (χ1v) is 5.74. The second-order valence-electron chi connectivity index (χ2n) is 5.15. The summed E-state index contributed by atoms with van der Waals surface area (Å²) in [6.45, 7) is 8.15. The molecule has 1 aliphatic heterocycles.